The van der Waals surface area contributed by atoms with Crippen LogP contribution in [0.4, 0.5) is 4.39 Å². The summed E-state index contributed by atoms with van der Waals surface area (Å²) in [4.78, 5) is 2.20. The SMILES string of the molecule is CO[C@H]1CN(Cc2ccccc2F)Cc2ccnn2C1. The number of benzene rings is 1. The van der Waals surface area contributed by atoms with Gasteiger partial charge in [-0.05, 0) is 12.1 Å². The second-order valence-electron chi connectivity index (χ2n) is 5.12. The normalized spacial score (nSPS) is 19.6. The Balaban J connectivity index is 1.81. The van der Waals surface area contributed by atoms with Gasteiger partial charge in [0.15, 0.2) is 0 Å². The molecular weight excluding hydrogens is 257 g/mol. The van der Waals surface area contributed by atoms with Crippen molar-refractivity contribution in [1.82, 2.24) is 14.7 Å². The Hall–Kier alpha value is -1.72. The minimum atomic E-state index is -0.153. The molecule has 2 aromatic rings. The van der Waals surface area contributed by atoms with Crippen LogP contribution in [-0.2, 0) is 24.4 Å². The topological polar surface area (TPSA) is 30.3 Å². The molecule has 0 amide bonds. The van der Waals surface area contributed by atoms with Crippen LogP contribution in [0.5, 0.6) is 0 Å². The van der Waals surface area contributed by atoms with E-state index in [1.54, 1.807) is 19.4 Å². The lowest BCUT2D eigenvalue weighted by molar-refractivity contribution is 0.0545. The van der Waals surface area contributed by atoms with Crippen molar-refractivity contribution in [3.8, 4) is 0 Å². The van der Waals surface area contributed by atoms with Crippen LogP contribution >= 0.6 is 0 Å². The van der Waals surface area contributed by atoms with E-state index in [1.807, 2.05) is 22.9 Å². The maximum Gasteiger partial charge on any atom is 0.127 e. The molecule has 0 saturated heterocycles. The number of rotatable bonds is 3. The highest BCUT2D eigenvalue weighted by molar-refractivity contribution is 5.17. The van der Waals surface area contributed by atoms with Crippen LogP contribution in [0.2, 0.25) is 0 Å². The van der Waals surface area contributed by atoms with Crippen LogP contribution in [0, 0.1) is 5.82 Å². The van der Waals surface area contributed by atoms with Crippen molar-refractivity contribution < 1.29 is 9.13 Å². The average Bonchev–Trinajstić information content (AvgIpc) is 2.80. The number of nitrogens with zero attached hydrogens (tertiary/aromatic N) is 3. The van der Waals surface area contributed by atoms with Gasteiger partial charge in [-0.3, -0.25) is 9.58 Å². The quantitative estimate of drug-likeness (QED) is 0.859. The van der Waals surface area contributed by atoms with Crippen LogP contribution in [0.1, 0.15) is 11.3 Å². The Kier molecular flexibility index (Phi) is 3.80. The third-order valence-electron chi connectivity index (χ3n) is 3.71. The Morgan fingerprint density at radius 1 is 1.30 bits per heavy atom. The van der Waals surface area contributed by atoms with Crippen LogP contribution in [-0.4, -0.2) is 34.4 Å². The van der Waals surface area contributed by atoms with Crippen molar-refractivity contribution in [3.63, 3.8) is 0 Å². The number of fused-ring (bicyclic) bond motifs is 1. The molecule has 0 bridgehead atoms. The van der Waals surface area contributed by atoms with Crippen LogP contribution in [0.15, 0.2) is 36.5 Å². The van der Waals surface area contributed by atoms with Gasteiger partial charge in [0.1, 0.15) is 5.82 Å². The summed E-state index contributed by atoms with van der Waals surface area (Å²) in [6, 6.07) is 8.93. The number of ether oxygens (including phenoxy) is 1. The van der Waals surface area contributed by atoms with E-state index in [9.17, 15) is 4.39 Å². The zero-order valence-corrected chi connectivity index (χ0v) is 11.5. The minimum Gasteiger partial charge on any atom is -0.378 e. The molecule has 0 aliphatic carbocycles. The fraction of sp³-hybridized carbons (Fsp3) is 0.400. The zero-order valence-electron chi connectivity index (χ0n) is 11.5. The molecule has 1 aromatic heterocycles. The summed E-state index contributed by atoms with van der Waals surface area (Å²) < 4.78 is 21.3. The summed E-state index contributed by atoms with van der Waals surface area (Å²) in [5, 5.41) is 4.31. The van der Waals surface area contributed by atoms with Gasteiger partial charge < -0.3 is 4.74 Å². The van der Waals surface area contributed by atoms with Crippen molar-refractivity contribution in [3.05, 3.63) is 53.6 Å². The lowest BCUT2D eigenvalue weighted by Crippen LogP contribution is -2.32. The summed E-state index contributed by atoms with van der Waals surface area (Å²) in [5.74, 6) is -0.153. The van der Waals surface area contributed by atoms with E-state index in [1.165, 1.54) is 6.07 Å². The summed E-state index contributed by atoms with van der Waals surface area (Å²) in [6.07, 6.45) is 1.87. The van der Waals surface area contributed by atoms with E-state index in [0.717, 1.165) is 30.9 Å². The second kappa shape index (κ2) is 5.73. The fourth-order valence-electron chi connectivity index (χ4n) is 2.63. The molecule has 0 fully saturated rings. The van der Waals surface area contributed by atoms with Crippen LogP contribution in [0.3, 0.4) is 0 Å². The number of hydrogen-bond acceptors (Lipinski definition) is 3. The molecule has 0 saturated carbocycles. The first-order valence-corrected chi connectivity index (χ1v) is 6.75. The van der Waals surface area contributed by atoms with E-state index < -0.39 is 0 Å². The van der Waals surface area contributed by atoms with Crippen LogP contribution in [0.25, 0.3) is 0 Å². The standard InChI is InChI=1S/C15H18FN3O/c1-20-14-10-18(8-12-4-2-3-5-15(12)16)9-13-6-7-17-19(13)11-14/h2-7,14H,8-11H2,1H3/t14-/m0/s1. The largest absolute Gasteiger partial charge is 0.378 e. The molecule has 1 aliphatic rings. The van der Waals surface area contributed by atoms with Crippen molar-refractivity contribution in [1.29, 1.82) is 0 Å². The summed E-state index contributed by atoms with van der Waals surface area (Å²) >= 11 is 0. The van der Waals surface area contributed by atoms with Gasteiger partial charge in [-0.15, -0.1) is 0 Å². The minimum absolute atomic E-state index is 0.0722. The summed E-state index contributed by atoms with van der Waals surface area (Å²) in [6.45, 7) is 2.85. The third-order valence-corrected chi connectivity index (χ3v) is 3.71. The molecule has 1 aliphatic heterocycles. The lowest BCUT2D eigenvalue weighted by Gasteiger charge is -2.23. The molecule has 2 heterocycles. The molecule has 1 atom stereocenters. The molecule has 0 unspecified atom stereocenters. The maximum absolute atomic E-state index is 13.8. The number of halogens is 1. The Morgan fingerprint density at radius 3 is 2.95 bits per heavy atom. The molecule has 0 spiro atoms. The number of hydrogen-bond donors (Lipinski definition) is 0. The molecular formula is C15H18FN3O. The third kappa shape index (κ3) is 2.73. The highest BCUT2D eigenvalue weighted by atomic mass is 19.1. The monoisotopic (exact) mass is 275 g/mol. The van der Waals surface area contributed by atoms with Gasteiger partial charge in [-0.1, -0.05) is 18.2 Å². The fourth-order valence-corrected chi connectivity index (χ4v) is 2.63. The van der Waals surface area contributed by atoms with Gasteiger partial charge in [0.2, 0.25) is 0 Å². The highest BCUT2D eigenvalue weighted by Gasteiger charge is 2.22. The lowest BCUT2D eigenvalue weighted by atomic mass is 10.2. The van der Waals surface area contributed by atoms with Crippen LogP contribution < -0.4 is 0 Å². The predicted molar refractivity (Wildman–Crippen MR) is 73.5 cm³/mol. The number of methoxy groups -OCH3 is 1. The first-order chi connectivity index (χ1) is 9.76. The van der Waals surface area contributed by atoms with E-state index in [2.05, 4.69) is 10.00 Å². The van der Waals surface area contributed by atoms with Gasteiger partial charge in [0.25, 0.3) is 0 Å². The predicted octanol–water partition coefficient (Wildman–Crippen LogP) is 2.05. The second-order valence-corrected chi connectivity index (χ2v) is 5.12. The van der Waals surface area contributed by atoms with E-state index >= 15 is 0 Å². The van der Waals surface area contributed by atoms with Gasteiger partial charge in [-0.2, -0.15) is 5.10 Å². The molecule has 0 radical (unpaired) electrons. The summed E-state index contributed by atoms with van der Waals surface area (Å²) in [7, 11) is 1.71. The van der Waals surface area contributed by atoms with E-state index in [4.69, 9.17) is 4.74 Å². The smallest absolute Gasteiger partial charge is 0.127 e. The van der Waals surface area contributed by atoms with Crippen molar-refractivity contribution in [2.45, 2.75) is 25.7 Å². The van der Waals surface area contributed by atoms with E-state index in [-0.39, 0.29) is 11.9 Å². The van der Waals surface area contributed by atoms with Gasteiger partial charge >= 0.3 is 0 Å². The van der Waals surface area contributed by atoms with Gasteiger partial charge in [0.05, 0.1) is 18.3 Å². The summed E-state index contributed by atoms with van der Waals surface area (Å²) in [5.41, 5.74) is 1.86. The average molecular weight is 275 g/mol. The first kappa shape index (κ1) is 13.3. The molecule has 3 rings (SSSR count). The molecule has 0 N–H and O–H groups in total. The van der Waals surface area contributed by atoms with Crippen molar-refractivity contribution in [2.75, 3.05) is 13.7 Å². The van der Waals surface area contributed by atoms with E-state index in [0.29, 0.717) is 6.54 Å². The molecule has 4 nitrogen and oxygen atoms in total. The maximum atomic E-state index is 13.8. The van der Waals surface area contributed by atoms with Gasteiger partial charge in [-0.25, -0.2) is 4.39 Å². The first-order valence-electron chi connectivity index (χ1n) is 6.75. The Morgan fingerprint density at radius 2 is 2.15 bits per heavy atom. The van der Waals surface area contributed by atoms with Crippen molar-refractivity contribution in [2.24, 2.45) is 0 Å². The highest BCUT2D eigenvalue weighted by Crippen LogP contribution is 2.17. The molecule has 106 valence electrons. The zero-order chi connectivity index (χ0) is 13.9. The van der Waals surface area contributed by atoms with Gasteiger partial charge in [0, 0.05) is 38.5 Å². The number of aromatic nitrogens is 2. The molecule has 20 heavy (non-hydrogen) atoms. The Labute approximate surface area is 117 Å². The Bertz CT molecular complexity index is 584. The molecule has 1 aromatic carbocycles. The van der Waals surface area contributed by atoms with Crippen molar-refractivity contribution >= 4 is 0 Å². The molecule has 5 heteroatoms.